The summed E-state index contributed by atoms with van der Waals surface area (Å²) in [4.78, 5) is 0. The molecule has 1 N–H and O–H groups in total. The Morgan fingerprint density at radius 3 is 2.18 bits per heavy atom. The molecule has 5 unspecified atom stereocenters. The molecule has 0 spiro atoms. The minimum atomic E-state index is -2.89. The maximum absolute atomic E-state index is 11.2. The van der Waals surface area contributed by atoms with Gasteiger partial charge in [0.25, 0.3) is 0 Å². The van der Waals surface area contributed by atoms with Crippen molar-refractivity contribution in [3.05, 3.63) is 0 Å². The van der Waals surface area contributed by atoms with Gasteiger partial charge < -0.3 is 10.1 Å². The number of hydrogen-bond donors (Lipinski definition) is 1. The van der Waals surface area contributed by atoms with Gasteiger partial charge in [-0.3, -0.25) is 0 Å². The number of nitrogens with one attached hydrogen (secondary N) is 1. The number of ether oxygens (including phenoxy) is 1. The lowest BCUT2D eigenvalue weighted by atomic mass is 9.82. The fourth-order valence-corrected chi connectivity index (χ4v) is 3.54. The van der Waals surface area contributed by atoms with Gasteiger partial charge in [0.15, 0.2) is 0 Å². The molecule has 0 bridgehead atoms. The van der Waals surface area contributed by atoms with Gasteiger partial charge in [0.2, 0.25) is 0 Å². The van der Waals surface area contributed by atoms with Crippen LogP contribution in [0.3, 0.4) is 0 Å². The van der Waals surface area contributed by atoms with E-state index >= 15 is 0 Å². The number of rotatable bonds is 5. The lowest BCUT2D eigenvalue weighted by molar-refractivity contribution is 0.0477. The molecule has 0 aliphatic carbocycles. The monoisotopic (exact) mass is 263 g/mol. The maximum Gasteiger partial charge on any atom is 0.147 e. The second-order valence-electron chi connectivity index (χ2n) is 5.30. The predicted molar refractivity (Wildman–Crippen MR) is 69.8 cm³/mol. The van der Waals surface area contributed by atoms with Crippen LogP contribution in [-0.2, 0) is 14.6 Å². The molecular formula is C12H25NO3S. The Bertz CT molecular complexity index is 342. The highest BCUT2D eigenvalue weighted by atomic mass is 32.2. The smallest absolute Gasteiger partial charge is 0.147 e. The minimum Gasteiger partial charge on any atom is -0.375 e. The van der Waals surface area contributed by atoms with E-state index in [1.807, 2.05) is 7.05 Å². The molecule has 1 aliphatic rings. The summed E-state index contributed by atoms with van der Waals surface area (Å²) in [5.41, 5.74) is 0. The van der Waals surface area contributed by atoms with Crippen LogP contribution in [0, 0.1) is 11.8 Å². The number of hydrogen-bond acceptors (Lipinski definition) is 4. The van der Waals surface area contributed by atoms with Gasteiger partial charge in [0.1, 0.15) is 9.84 Å². The SMILES string of the molecule is CNC(CCS(C)(=O)=O)C1C(C)OC(C)C1C. The maximum atomic E-state index is 11.2. The van der Waals surface area contributed by atoms with Gasteiger partial charge >= 0.3 is 0 Å². The van der Waals surface area contributed by atoms with E-state index in [2.05, 4.69) is 26.1 Å². The average molecular weight is 263 g/mol. The molecule has 5 atom stereocenters. The normalized spacial score (nSPS) is 36.1. The Balaban J connectivity index is 2.67. The second-order valence-corrected chi connectivity index (χ2v) is 7.56. The van der Waals surface area contributed by atoms with Crippen LogP contribution in [0.25, 0.3) is 0 Å². The summed E-state index contributed by atoms with van der Waals surface area (Å²) < 4.78 is 28.3. The molecule has 4 nitrogen and oxygen atoms in total. The van der Waals surface area contributed by atoms with Crippen LogP contribution < -0.4 is 5.32 Å². The molecule has 0 saturated carbocycles. The third-order valence-corrected chi connectivity index (χ3v) is 4.93. The zero-order chi connectivity index (χ0) is 13.2. The van der Waals surface area contributed by atoms with Gasteiger partial charge in [-0.2, -0.15) is 0 Å². The van der Waals surface area contributed by atoms with Gasteiger partial charge in [0.05, 0.1) is 18.0 Å². The predicted octanol–water partition coefficient (Wildman–Crippen LogP) is 1.07. The zero-order valence-corrected chi connectivity index (χ0v) is 12.3. The van der Waals surface area contributed by atoms with Crippen molar-refractivity contribution < 1.29 is 13.2 Å². The van der Waals surface area contributed by atoms with Crippen molar-refractivity contribution in [2.24, 2.45) is 11.8 Å². The lowest BCUT2D eigenvalue weighted by Gasteiger charge is -2.28. The van der Waals surface area contributed by atoms with Crippen LogP contribution in [-0.4, -0.2) is 45.7 Å². The van der Waals surface area contributed by atoms with E-state index in [0.717, 1.165) is 0 Å². The summed E-state index contributed by atoms with van der Waals surface area (Å²) >= 11 is 0. The molecule has 0 radical (unpaired) electrons. The van der Waals surface area contributed by atoms with E-state index in [1.165, 1.54) is 6.26 Å². The molecule has 5 heteroatoms. The van der Waals surface area contributed by atoms with Gasteiger partial charge in [0, 0.05) is 18.2 Å². The molecule has 0 amide bonds. The van der Waals surface area contributed by atoms with Gasteiger partial charge in [-0.25, -0.2) is 8.42 Å². The average Bonchev–Trinajstić information content (AvgIpc) is 2.43. The fourth-order valence-electron chi connectivity index (χ4n) is 2.86. The van der Waals surface area contributed by atoms with Gasteiger partial charge in [-0.15, -0.1) is 0 Å². The van der Waals surface area contributed by atoms with Crippen molar-refractivity contribution in [2.45, 2.75) is 45.4 Å². The van der Waals surface area contributed by atoms with Gasteiger partial charge in [-0.05, 0) is 33.2 Å². The Morgan fingerprint density at radius 2 is 1.82 bits per heavy atom. The van der Waals surface area contributed by atoms with E-state index in [9.17, 15) is 8.42 Å². The third kappa shape index (κ3) is 3.93. The molecule has 0 aromatic heterocycles. The van der Waals surface area contributed by atoms with Crippen molar-refractivity contribution in [3.63, 3.8) is 0 Å². The first kappa shape index (κ1) is 14.9. The van der Waals surface area contributed by atoms with Crippen LogP contribution in [0.5, 0.6) is 0 Å². The number of sulfone groups is 1. The Kier molecular flexibility index (Phi) is 4.98. The zero-order valence-electron chi connectivity index (χ0n) is 11.4. The molecule has 1 saturated heterocycles. The lowest BCUT2D eigenvalue weighted by Crippen LogP contribution is -2.41. The molecular weight excluding hydrogens is 238 g/mol. The summed E-state index contributed by atoms with van der Waals surface area (Å²) in [5.74, 6) is 1.08. The first-order valence-corrected chi connectivity index (χ1v) is 8.32. The van der Waals surface area contributed by atoms with E-state index in [-0.39, 0.29) is 24.0 Å². The standard InChI is InChI=1S/C12H25NO3S/c1-8-9(2)16-10(3)12(8)11(13-4)6-7-17(5,14)15/h8-13H,6-7H2,1-5H3. The highest BCUT2D eigenvalue weighted by Crippen LogP contribution is 2.35. The summed E-state index contributed by atoms with van der Waals surface area (Å²) in [5, 5.41) is 3.25. The Morgan fingerprint density at radius 1 is 1.24 bits per heavy atom. The van der Waals surface area contributed by atoms with Crippen LogP contribution in [0.1, 0.15) is 27.2 Å². The van der Waals surface area contributed by atoms with Crippen LogP contribution in [0.2, 0.25) is 0 Å². The molecule has 1 heterocycles. The summed E-state index contributed by atoms with van der Waals surface area (Å²) in [6.45, 7) is 6.35. The van der Waals surface area contributed by atoms with Crippen LogP contribution >= 0.6 is 0 Å². The van der Waals surface area contributed by atoms with Crippen molar-refractivity contribution in [3.8, 4) is 0 Å². The quantitative estimate of drug-likeness (QED) is 0.806. The van der Waals surface area contributed by atoms with Gasteiger partial charge in [-0.1, -0.05) is 6.92 Å². The largest absolute Gasteiger partial charge is 0.375 e. The first-order chi connectivity index (χ1) is 7.76. The fraction of sp³-hybridized carbons (Fsp3) is 1.00. The molecule has 102 valence electrons. The van der Waals surface area contributed by atoms with Crippen molar-refractivity contribution in [1.82, 2.24) is 5.32 Å². The van der Waals surface area contributed by atoms with E-state index in [4.69, 9.17) is 4.74 Å². The summed E-state index contributed by atoms with van der Waals surface area (Å²) in [6, 6.07) is 0.208. The topological polar surface area (TPSA) is 55.4 Å². The van der Waals surface area contributed by atoms with E-state index in [1.54, 1.807) is 0 Å². The summed E-state index contributed by atoms with van der Waals surface area (Å²) in [7, 11) is -0.990. The highest BCUT2D eigenvalue weighted by molar-refractivity contribution is 7.90. The molecule has 0 aromatic carbocycles. The van der Waals surface area contributed by atoms with Crippen LogP contribution in [0.15, 0.2) is 0 Å². The molecule has 1 rings (SSSR count). The molecule has 17 heavy (non-hydrogen) atoms. The summed E-state index contributed by atoms with van der Waals surface area (Å²) in [6.07, 6.45) is 2.39. The van der Waals surface area contributed by atoms with E-state index < -0.39 is 9.84 Å². The highest BCUT2D eigenvalue weighted by Gasteiger charge is 2.41. The van der Waals surface area contributed by atoms with Crippen molar-refractivity contribution in [2.75, 3.05) is 19.1 Å². The second kappa shape index (κ2) is 5.67. The molecule has 1 aliphatic heterocycles. The molecule has 0 aromatic rings. The first-order valence-electron chi connectivity index (χ1n) is 6.26. The third-order valence-electron chi connectivity index (χ3n) is 3.95. The molecule has 1 fully saturated rings. The van der Waals surface area contributed by atoms with Crippen molar-refractivity contribution >= 4 is 9.84 Å². The van der Waals surface area contributed by atoms with E-state index in [0.29, 0.717) is 18.3 Å². The van der Waals surface area contributed by atoms with Crippen molar-refractivity contribution in [1.29, 1.82) is 0 Å². The Hall–Kier alpha value is -0.130. The Labute approximate surface area is 105 Å². The minimum absolute atomic E-state index is 0.192. The van der Waals surface area contributed by atoms with Crippen LogP contribution in [0.4, 0.5) is 0 Å².